The van der Waals surface area contributed by atoms with Crippen LogP contribution < -0.4 is 40.1 Å². The Balaban J connectivity index is 0.725. The van der Waals surface area contributed by atoms with E-state index in [9.17, 15) is 19.5 Å². The van der Waals surface area contributed by atoms with Crippen LogP contribution in [0.5, 0.6) is 17.2 Å². The van der Waals surface area contributed by atoms with Gasteiger partial charge in [-0.3, -0.25) is 4.79 Å². The molecule has 6 aliphatic heterocycles. The number of hydrogen-bond acceptors (Lipinski definition) is 14. The van der Waals surface area contributed by atoms with Gasteiger partial charge in [-0.05, 0) is 61.7 Å². The van der Waals surface area contributed by atoms with Crippen LogP contribution >= 0.6 is 0 Å². The molecule has 2 bridgehead atoms. The van der Waals surface area contributed by atoms with Gasteiger partial charge in [-0.15, -0.1) is 10.2 Å². The number of benzene rings is 3. The van der Waals surface area contributed by atoms with E-state index in [0.29, 0.717) is 82.5 Å². The molecule has 17 heteroatoms. The second-order valence-corrected chi connectivity index (χ2v) is 18.2. The Hall–Kier alpha value is -6.49. The molecule has 0 saturated carbocycles. The molecule has 65 heavy (non-hydrogen) atoms. The molecule has 6 aliphatic rings. The predicted molar refractivity (Wildman–Crippen MR) is 247 cm³/mol. The molecule has 5 fully saturated rings. The minimum absolute atomic E-state index is 0.00356. The molecule has 3 amide bonds. The Morgan fingerprint density at radius 1 is 0.908 bits per heavy atom. The number of carbonyl (C=O) groups is 3. The topological polar surface area (TPSA) is 182 Å². The quantitative estimate of drug-likeness (QED) is 0.204. The molecule has 0 spiro atoms. The van der Waals surface area contributed by atoms with E-state index in [1.807, 2.05) is 59.3 Å². The number of morpholine rings is 1. The van der Waals surface area contributed by atoms with Crippen LogP contribution in [-0.2, 0) is 14.3 Å². The third-order valence-corrected chi connectivity index (χ3v) is 14.3. The second kappa shape index (κ2) is 17.8. The normalized spacial score (nSPS) is 23.9. The van der Waals surface area contributed by atoms with Gasteiger partial charge in [-0.1, -0.05) is 24.3 Å². The molecule has 10 rings (SSSR count). The monoisotopic (exact) mass is 886 g/mol. The van der Waals surface area contributed by atoms with Crippen LogP contribution in [0.4, 0.5) is 33.4 Å². The highest BCUT2D eigenvalue weighted by Gasteiger charge is 2.44. The zero-order valence-electron chi connectivity index (χ0n) is 36.9. The number of carbonyl (C=O) groups excluding carboxylic acids is 3. The lowest BCUT2D eigenvalue weighted by atomic mass is 9.88. The number of likely N-dealkylation sites (tertiary alicyclic amines) is 1. The van der Waals surface area contributed by atoms with Crippen molar-refractivity contribution in [2.24, 2.45) is 0 Å². The van der Waals surface area contributed by atoms with Crippen molar-refractivity contribution < 1.29 is 33.7 Å². The number of ether oxygens (including phenoxy) is 3. The number of nitrogen functional groups attached to an aromatic ring is 1. The summed E-state index contributed by atoms with van der Waals surface area (Å²) in [6.07, 6.45) is 4.93. The first-order valence-electron chi connectivity index (χ1n) is 23.0. The molecule has 1 aromatic heterocycles. The molecule has 4 aromatic rings. The number of hydrogen-bond donors (Lipinski definition) is 3. The van der Waals surface area contributed by atoms with Crippen LogP contribution in [0.3, 0.4) is 0 Å². The van der Waals surface area contributed by atoms with E-state index in [0.717, 1.165) is 79.3 Å². The smallest absolute Gasteiger partial charge is 0.319 e. The van der Waals surface area contributed by atoms with Crippen LogP contribution in [0, 0.1) is 0 Å². The van der Waals surface area contributed by atoms with E-state index >= 15 is 0 Å². The third kappa shape index (κ3) is 8.26. The van der Waals surface area contributed by atoms with Gasteiger partial charge in [-0.2, -0.15) is 0 Å². The Bertz CT molecular complexity index is 2380. The zero-order valence-corrected chi connectivity index (χ0v) is 36.9. The Labute approximate surface area is 379 Å². The number of anilines is 5. The van der Waals surface area contributed by atoms with E-state index in [-0.39, 0.29) is 48.5 Å². The number of phenols is 1. The summed E-state index contributed by atoms with van der Waals surface area (Å²) >= 11 is 0. The summed E-state index contributed by atoms with van der Waals surface area (Å²) < 4.78 is 19.0. The standard InChI is InChI=1S/C48H58N10O7/c1-53(32-13-18-54(19-14-32)40-9-5-10-41-45(40)64-23-22-57(41)48(31-59)17-12-44(61)50-30-48)47(62)55-20-15-36(16-21-55)65-37-7-4-6-33(24-37)58-34-26-56(27-35(58)29-63-28-34)42-25-39(51-52-46(42)49)38-8-2-3-11-43(38)60/h2-11,24-25,31-32,34-36,60H,12-23,26-30H2,1H3,(H2,49,52)(H,50,61)/t34-,35+,48-/m1/s1. The lowest BCUT2D eigenvalue weighted by molar-refractivity contribution is -0.124. The van der Waals surface area contributed by atoms with Gasteiger partial charge in [0.15, 0.2) is 11.6 Å². The third-order valence-electron chi connectivity index (χ3n) is 14.3. The average molecular weight is 887 g/mol. The van der Waals surface area contributed by atoms with Crippen LogP contribution in [0.15, 0.2) is 72.8 Å². The van der Waals surface area contributed by atoms with Gasteiger partial charge in [0.2, 0.25) is 5.91 Å². The van der Waals surface area contributed by atoms with Crippen LogP contribution in [0.2, 0.25) is 0 Å². The number of aromatic hydroxyl groups is 1. The molecule has 4 N–H and O–H groups in total. The minimum Gasteiger partial charge on any atom is -0.507 e. The second-order valence-electron chi connectivity index (χ2n) is 18.2. The highest BCUT2D eigenvalue weighted by Crippen LogP contribution is 2.45. The van der Waals surface area contributed by atoms with E-state index in [4.69, 9.17) is 19.9 Å². The number of urea groups is 1. The van der Waals surface area contributed by atoms with Crippen LogP contribution in [-0.4, -0.2) is 152 Å². The van der Waals surface area contributed by atoms with Crippen molar-refractivity contribution >= 4 is 46.8 Å². The van der Waals surface area contributed by atoms with Gasteiger partial charge in [-0.25, -0.2) is 4.79 Å². The maximum absolute atomic E-state index is 13.9. The molecule has 0 unspecified atom stereocenters. The first-order valence-corrected chi connectivity index (χ1v) is 23.0. The number of nitrogens with two attached hydrogens (primary N) is 1. The average Bonchev–Trinajstić information content (AvgIpc) is 3.34. The maximum Gasteiger partial charge on any atom is 0.319 e. The van der Waals surface area contributed by atoms with Crippen molar-refractivity contribution in [3.05, 3.63) is 72.8 Å². The van der Waals surface area contributed by atoms with Gasteiger partial charge in [0.25, 0.3) is 0 Å². The predicted octanol–water partition coefficient (Wildman–Crippen LogP) is 4.14. The molecule has 7 heterocycles. The Kier molecular flexibility index (Phi) is 11.6. The lowest BCUT2D eigenvalue weighted by Crippen LogP contribution is -2.65. The molecule has 0 radical (unpaired) electrons. The number of para-hydroxylation sites is 2. The molecular formula is C48H58N10O7. The number of fused-ring (bicyclic) bond motifs is 3. The largest absolute Gasteiger partial charge is 0.507 e. The minimum atomic E-state index is -0.792. The number of nitrogens with one attached hydrogen (secondary N) is 1. The van der Waals surface area contributed by atoms with Crippen LogP contribution in [0.1, 0.15) is 38.5 Å². The number of piperidine rings is 3. The highest BCUT2D eigenvalue weighted by molar-refractivity contribution is 5.85. The Morgan fingerprint density at radius 2 is 1.66 bits per heavy atom. The Morgan fingerprint density at radius 3 is 2.40 bits per heavy atom. The SMILES string of the molecule is CN(C(=O)N1CCC(Oc2cccc(N3[C@@H]4COC[C@H]3CN(c3cc(-c5ccccc5O)nnc3N)C4)c2)CC1)C1CCN(c2cccc3c2OCCN3[C@]2(C=O)CCC(=O)NC2)CC1. The van der Waals surface area contributed by atoms with Crippen molar-refractivity contribution in [3.63, 3.8) is 0 Å². The molecule has 17 nitrogen and oxygen atoms in total. The molecule has 0 aliphatic carbocycles. The summed E-state index contributed by atoms with van der Waals surface area (Å²) in [7, 11) is 1.93. The fourth-order valence-corrected chi connectivity index (χ4v) is 10.8. The van der Waals surface area contributed by atoms with Gasteiger partial charge >= 0.3 is 6.03 Å². The van der Waals surface area contributed by atoms with Crippen molar-refractivity contribution in [2.75, 3.05) is 105 Å². The summed E-state index contributed by atoms with van der Waals surface area (Å²) in [5.74, 6) is 2.06. The van der Waals surface area contributed by atoms with Crippen molar-refractivity contribution in [1.82, 2.24) is 25.3 Å². The number of phenolic OH excluding ortho intramolecular Hbond substituents is 1. The van der Waals surface area contributed by atoms with Gasteiger partial charge in [0, 0.05) is 95.5 Å². The van der Waals surface area contributed by atoms with E-state index < -0.39 is 5.54 Å². The van der Waals surface area contributed by atoms with E-state index in [2.05, 4.69) is 53.3 Å². The van der Waals surface area contributed by atoms with Crippen LogP contribution in [0.25, 0.3) is 11.3 Å². The number of aldehydes is 1. The first kappa shape index (κ1) is 42.5. The molecule has 3 aromatic carbocycles. The number of rotatable bonds is 9. The maximum atomic E-state index is 13.9. The van der Waals surface area contributed by atoms with Crippen molar-refractivity contribution in [1.29, 1.82) is 0 Å². The summed E-state index contributed by atoms with van der Waals surface area (Å²) in [5.41, 5.74) is 10.5. The van der Waals surface area contributed by atoms with Gasteiger partial charge in [0.1, 0.15) is 36.0 Å². The number of piperazine rings is 1. The molecular weight excluding hydrogens is 829 g/mol. The summed E-state index contributed by atoms with van der Waals surface area (Å²) in [6, 6.07) is 23.7. The molecule has 3 atom stereocenters. The summed E-state index contributed by atoms with van der Waals surface area (Å²) in [5, 5.41) is 21.9. The van der Waals surface area contributed by atoms with Gasteiger partial charge < -0.3 is 64.6 Å². The summed E-state index contributed by atoms with van der Waals surface area (Å²) in [6.45, 7) is 6.61. The number of amides is 3. The van der Waals surface area contributed by atoms with E-state index in [1.165, 1.54) is 0 Å². The fraction of sp³-hybridized carbons (Fsp3) is 0.479. The fourth-order valence-electron chi connectivity index (χ4n) is 10.8. The van der Waals surface area contributed by atoms with E-state index in [1.54, 1.807) is 12.1 Å². The number of aromatic nitrogens is 2. The first-order chi connectivity index (χ1) is 31.7. The molecule has 5 saturated heterocycles. The highest BCUT2D eigenvalue weighted by atomic mass is 16.5. The molecule has 342 valence electrons. The summed E-state index contributed by atoms with van der Waals surface area (Å²) in [4.78, 5) is 51.4. The number of nitrogens with zero attached hydrogens (tertiary/aromatic N) is 8. The van der Waals surface area contributed by atoms with Crippen molar-refractivity contribution in [3.8, 4) is 28.5 Å². The van der Waals surface area contributed by atoms with Gasteiger partial charge in [0.05, 0.1) is 54.6 Å². The lowest BCUT2D eigenvalue weighted by Gasteiger charge is -2.51. The zero-order chi connectivity index (χ0) is 44.7. The van der Waals surface area contributed by atoms with Crippen molar-refractivity contribution in [2.45, 2.75) is 68.3 Å².